The number of anilines is 5. The third-order valence-electron chi connectivity index (χ3n) is 6.75. The van der Waals surface area contributed by atoms with Crippen LogP contribution in [0.3, 0.4) is 0 Å². The standard InChI is InChI=1S/C26H31ClN6O4S/c1-36-24-16-21(32-11-13-37-14-12-32)5-6-23(24)30-25-22(27)17-28-26(31-25)29-20-4-3-18-7-9-33(38(2,34)35)10-8-19(18)15-20/h3-6,15-17H,7-14H2,1-2H3,(H2,28,29,30,31). The molecular weight excluding hydrogens is 528 g/mol. The lowest BCUT2D eigenvalue weighted by Crippen LogP contribution is -2.36. The number of nitrogens with one attached hydrogen (secondary N) is 2. The Bertz CT molecular complexity index is 1410. The second-order valence-electron chi connectivity index (χ2n) is 9.27. The fourth-order valence-corrected chi connectivity index (χ4v) is 5.67. The van der Waals surface area contributed by atoms with E-state index in [-0.39, 0.29) is 0 Å². The number of nitrogens with zero attached hydrogens (tertiary/aromatic N) is 4. The zero-order valence-electron chi connectivity index (χ0n) is 21.4. The highest BCUT2D eigenvalue weighted by atomic mass is 35.5. The van der Waals surface area contributed by atoms with Gasteiger partial charge in [-0.3, -0.25) is 0 Å². The van der Waals surface area contributed by atoms with Crippen LogP contribution < -0.4 is 20.3 Å². The molecule has 0 radical (unpaired) electrons. The molecule has 2 aliphatic heterocycles. The molecular formula is C26H31ClN6O4S. The van der Waals surface area contributed by atoms with Crippen LogP contribution in [-0.4, -0.2) is 75.4 Å². The van der Waals surface area contributed by atoms with E-state index in [1.165, 1.54) is 10.6 Å². The van der Waals surface area contributed by atoms with Gasteiger partial charge in [0, 0.05) is 43.6 Å². The fourth-order valence-electron chi connectivity index (χ4n) is 4.69. The molecule has 0 saturated carbocycles. The molecule has 3 aromatic rings. The van der Waals surface area contributed by atoms with E-state index in [2.05, 4.69) is 25.5 Å². The van der Waals surface area contributed by atoms with Gasteiger partial charge in [0.25, 0.3) is 0 Å². The number of morpholine rings is 1. The van der Waals surface area contributed by atoms with Crippen LogP contribution in [0.25, 0.3) is 0 Å². The average molecular weight is 559 g/mol. The SMILES string of the molecule is COc1cc(N2CCOCC2)ccc1Nc1nc(Nc2ccc3c(c2)CCN(S(C)(=O)=O)CC3)ncc1Cl. The second-order valence-corrected chi connectivity index (χ2v) is 11.7. The third-order valence-corrected chi connectivity index (χ3v) is 8.33. The van der Waals surface area contributed by atoms with Gasteiger partial charge < -0.3 is 25.0 Å². The normalized spacial score (nSPS) is 16.4. The van der Waals surface area contributed by atoms with Crippen molar-refractivity contribution >= 4 is 50.5 Å². The maximum atomic E-state index is 12.0. The van der Waals surface area contributed by atoms with E-state index in [9.17, 15) is 8.42 Å². The molecule has 1 saturated heterocycles. The molecule has 0 unspecified atom stereocenters. The lowest BCUT2D eigenvalue weighted by Gasteiger charge is -2.29. The number of rotatable bonds is 7. The summed E-state index contributed by atoms with van der Waals surface area (Å²) in [4.78, 5) is 11.2. The van der Waals surface area contributed by atoms with Gasteiger partial charge in [-0.1, -0.05) is 17.7 Å². The van der Waals surface area contributed by atoms with Crippen LogP contribution >= 0.6 is 11.6 Å². The molecule has 2 N–H and O–H groups in total. The van der Waals surface area contributed by atoms with Crippen LogP contribution in [0.1, 0.15) is 11.1 Å². The maximum absolute atomic E-state index is 12.0. The lowest BCUT2D eigenvalue weighted by atomic mass is 10.0. The Morgan fingerprint density at radius 1 is 1.00 bits per heavy atom. The van der Waals surface area contributed by atoms with Gasteiger partial charge in [-0.05, 0) is 48.2 Å². The third kappa shape index (κ3) is 6.12. The first-order valence-corrected chi connectivity index (χ1v) is 14.7. The van der Waals surface area contributed by atoms with Gasteiger partial charge in [0.05, 0.1) is 38.5 Å². The number of benzene rings is 2. The number of fused-ring (bicyclic) bond motifs is 1. The molecule has 3 heterocycles. The summed E-state index contributed by atoms with van der Waals surface area (Å²) in [6.45, 7) is 4.04. The van der Waals surface area contributed by atoms with Crippen molar-refractivity contribution in [2.24, 2.45) is 0 Å². The number of ether oxygens (including phenoxy) is 2. The molecule has 1 fully saturated rings. The molecule has 2 aliphatic rings. The van der Waals surface area contributed by atoms with Crippen LogP contribution in [0.5, 0.6) is 5.75 Å². The Morgan fingerprint density at radius 2 is 1.76 bits per heavy atom. The summed E-state index contributed by atoms with van der Waals surface area (Å²) in [7, 11) is -1.58. The van der Waals surface area contributed by atoms with Crippen molar-refractivity contribution in [3.05, 3.63) is 58.7 Å². The molecule has 0 amide bonds. The van der Waals surface area contributed by atoms with E-state index in [4.69, 9.17) is 21.1 Å². The minimum absolute atomic E-state index is 0.373. The smallest absolute Gasteiger partial charge is 0.229 e. The van der Waals surface area contributed by atoms with E-state index in [0.29, 0.717) is 61.7 Å². The van der Waals surface area contributed by atoms with E-state index in [1.54, 1.807) is 13.3 Å². The number of aromatic nitrogens is 2. The molecule has 0 spiro atoms. The monoisotopic (exact) mass is 558 g/mol. The minimum Gasteiger partial charge on any atom is -0.494 e. The largest absolute Gasteiger partial charge is 0.494 e. The van der Waals surface area contributed by atoms with Gasteiger partial charge in [0.1, 0.15) is 10.8 Å². The molecule has 2 aromatic carbocycles. The quantitative estimate of drug-likeness (QED) is 0.447. The molecule has 0 bridgehead atoms. The predicted octanol–water partition coefficient (Wildman–Crippen LogP) is 3.82. The highest BCUT2D eigenvalue weighted by molar-refractivity contribution is 7.88. The van der Waals surface area contributed by atoms with Crippen molar-refractivity contribution in [2.45, 2.75) is 12.8 Å². The van der Waals surface area contributed by atoms with Crippen molar-refractivity contribution < 1.29 is 17.9 Å². The molecule has 5 rings (SSSR count). The van der Waals surface area contributed by atoms with Gasteiger partial charge in [0.2, 0.25) is 16.0 Å². The summed E-state index contributed by atoms with van der Waals surface area (Å²) in [6, 6.07) is 12.0. The Kier molecular flexibility index (Phi) is 7.89. The zero-order valence-corrected chi connectivity index (χ0v) is 23.0. The molecule has 38 heavy (non-hydrogen) atoms. The van der Waals surface area contributed by atoms with Crippen LogP contribution in [0.4, 0.5) is 28.8 Å². The summed E-state index contributed by atoms with van der Waals surface area (Å²) >= 11 is 6.43. The molecule has 10 nitrogen and oxygen atoms in total. The van der Waals surface area contributed by atoms with Crippen LogP contribution in [0.15, 0.2) is 42.6 Å². The Morgan fingerprint density at radius 3 is 2.50 bits per heavy atom. The lowest BCUT2D eigenvalue weighted by molar-refractivity contribution is 0.122. The maximum Gasteiger partial charge on any atom is 0.229 e. The van der Waals surface area contributed by atoms with Gasteiger partial charge in [0.15, 0.2) is 5.82 Å². The highest BCUT2D eigenvalue weighted by Crippen LogP contribution is 2.34. The number of hydrogen-bond acceptors (Lipinski definition) is 9. The number of methoxy groups -OCH3 is 1. The van der Waals surface area contributed by atoms with Gasteiger partial charge in [-0.2, -0.15) is 4.98 Å². The summed E-state index contributed by atoms with van der Waals surface area (Å²) < 4.78 is 36.6. The fraction of sp³-hybridized carbons (Fsp3) is 0.385. The van der Waals surface area contributed by atoms with E-state index >= 15 is 0 Å². The summed E-state index contributed by atoms with van der Waals surface area (Å²) in [5.41, 5.74) is 4.87. The van der Waals surface area contributed by atoms with Gasteiger partial charge in [-0.15, -0.1) is 0 Å². The van der Waals surface area contributed by atoms with Crippen molar-refractivity contribution in [2.75, 3.05) is 68.3 Å². The first-order chi connectivity index (χ1) is 18.3. The highest BCUT2D eigenvalue weighted by Gasteiger charge is 2.21. The van der Waals surface area contributed by atoms with Crippen LogP contribution in [0, 0.1) is 0 Å². The Labute approximate surface area is 228 Å². The predicted molar refractivity (Wildman–Crippen MR) is 150 cm³/mol. The van der Waals surface area contributed by atoms with Crippen LogP contribution in [-0.2, 0) is 27.6 Å². The van der Waals surface area contributed by atoms with E-state index in [0.717, 1.165) is 41.3 Å². The van der Waals surface area contributed by atoms with E-state index in [1.807, 2.05) is 36.4 Å². The van der Waals surface area contributed by atoms with Crippen LogP contribution in [0.2, 0.25) is 5.02 Å². The molecule has 0 aliphatic carbocycles. The topological polar surface area (TPSA) is 109 Å². The first-order valence-electron chi connectivity index (χ1n) is 12.4. The van der Waals surface area contributed by atoms with Gasteiger partial charge >= 0.3 is 0 Å². The zero-order chi connectivity index (χ0) is 26.7. The van der Waals surface area contributed by atoms with E-state index < -0.39 is 10.0 Å². The number of sulfonamides is 1. The minimum atomic E-state index is -3.21. The molecule has 12 heteroatoms. The van der Waals surface area contributed by atoms with Crippen molar-refractivity contribution in [1.29, 1.82) is 0 Å². The van der Waals surface area contributed by atoms with Crippen molar-refractivity contribution in [3.8, 4) is 5.75 Å². The molecule has 202 valence electrons. The summed E-state index contributed by atoms with van der Waals surface area (Å²) in [5.74, 6) is 1.50. The molecule has 0 atom stereocenters. The summed E-state index contributed by atoms with van der Waals surface area (Å²) in [6.07, 6.45) is 4.13. The average Bonchev–Trinajstić information content (AvgIpc) is 3.14. The molecule has 1 aromatic heterocycles. The van der Waals surface area contributed by atoms with Gasteiger partial charge in [-0.25, -0.2) is 17.7 Å². The number of halogens is 1. The van der Waals surface area contributed by atoms with Crippen molar-refractivity contribution in [1.82, 2.24) is 14.3 Å². The van der Waals surface area contributed by atoms with Crippen molar-refractivity contribution in [3.63, 3.8) is 0 Å². The summed E-state index contributed by atoms with van der Waals surface area (Å²) in [5, 5.41) is 6.89. The second kappa shape index (κ2) is 11.3. The Hall–Kier alpha value is -3.12. The Balaban J connectivity index is 1.32. The first kappa shape index (κ1) is 26.5. The number of hydrogen-bond donors (Lipinski definition) is 2.